The fourth-order valence-electron chi connectivity index (χ4n) is 2.94. The minimum Gasteiger partial charge on any atom is -0.280 e. The van der Waals surface area contributed by atoms with Gasteiger partial charge in [-0.3, -0.25) is 4.90 Å². The van der Waals surface area contributed by atoms with Gasteiger partial charge in [-0.15, -0.1) is 0 Å². The highest BCUT2D eigenvalue weighted by Crippen LogP contribution is 2.44. The molecule has 0 spiro atoms. The van der Waals surface area contributed by atoms with Gasteiger partial charge in [-0.25, -0.2) is 0 Å². The van der Waals surface area contributed by atoms with E-state index in [1.165, 1.54) is 11.1 Å². The molecule has 1 aliphatic rings. The lowest BCUT2D eigenvalue weighted by molar-refractivity contribution is 0.403. The zero-order chi connectivity index (χ0) is 14.7. The van der Waals surface area contributed by atoms with Crippen LogP contribution in [0.1, 0.15) is 24.1 Å². The fourth-order valence-corrected chi connectivity index (χ4v) is 2.94. The number of rotatable bonds is 5. The Bertz CT molecular complexity index is 590. The van der Waals surface area contributed by atoms with Crippen molar-refractivity contribution in [2.45, 2.75) is 18.5 Å². The first-order valence-corrected chi connectivity index (χ1v) is 7.41. The highest BCUT2D eigenvalue weighted by molar-refractivity contribution is 5.36. The van der Waals surface area contributed by atoms with Gasteiger partial charge >= 0.3 is 0 Å². The van der Waals surface area contributed by atoms with E-state index in [1.807, 2.05) is 12.2 Å². The predicted molar refractivity (Wildman–Crippen MR) is 89.2 cm³/mol. The maximum atomic E-state index is 3.77. The van der Waals surface area contributed by atoms with Gasteiger partial charge in [0.2, 0.25) is 0 Å². The molecule has 1 aliphatic heterocycles. The molecule has 0 aromatic heterocycles. The Labute approximate surface area is 127 Å². The molecule has 1 nitrogen and oxygen atoms in total. The molecule has 0 aliphatic carbocycles. The molecule has 0 radical (unpaired) electrons. The fraction of sp³-hybridized carbons (Fsp3) is 0.200. The minimum atomic E-state index is 0.130. The van der Waals surface area contributed by atoms with E-state index in [2.05, 4.69) is 85.1 Å². The van der Waals surface area contributed by atoms with Crippen LogP contribution in [-0.2, 0) is 0 Å². The van der Waals surface area contributed by atoms with Crippen molar-refractivity contribution in [2.24, 2.45) is 0 Å². The molecule has 1 saturated heterocycles. The van der Waals surface area contributed by atoms with Crippen molar-refractivity contribution in [1.29, 1.82) is 0 Å². The molecule has 21 heavy (non-hydrogen) atoms. The molecule has 1 unspecified atom stereocenters. The summed E-state index contributed by atoms with van der Waals surface area (Å²) in [5.74, 6) is 0. The predicted octanol–water partition coefficient (Wildman–Crippen LogP) is 4.59. The van der Waals surface area contributed by atoms with E-state index in [-0.39, 0.29) is 5.54 Å². The Balaban J connectivity index is 1.96. The average molecular weight is 275 g/mol. The van der Waals surface area contributed by atoms with Gasteiger partial charge in [0.15, 0.2) is 0 Å². The topological polar surface area (TPSA) is 3.01 Å². The van der Waals surface area contributed by atoms with Crippen LogP contribution in [0.2, 0.25) is 0 Å². The van der Waals surface area contributed by atoms with E-state index < -0.39 is 0 Å². The maximum Gasteiger partial charge on any atom is 0.0610 e. The summed E-state index contributed by atoms with van der Waals surface area (Å²) < 4.78 is 0. The molecule has 2 aromatic carbocycles. The number of hydrogen-bond donors (Lipinski definition) is 0. The second kappa shape index (κ2) is 5.71. The minimum absolute atomic E-state index is 0.130. The van der Waals surface area contributed by atoms with Gasteiger partial charge < -0.3 is 0 Å². The summed E-state index contributed by atoms with van der Waals surface area (Å²) in [6.07, 6.45) is 6.15. The third-order valence-electron chi connectivity index (χ3n) is 4.18. The lowest BCUT2D eigenvalue weighted by Crippen LogP contribution is -2.18. The van der Waals surface area contributed by atoms with Crippen LogP contribution in [0.3, 0.4) is 0 Å². The van der Waals surface area contributed by atoms with Crippen LogP contribution in [-0.4, -0.2) is 17.0 Å². The second-order valence-electron chi connectivity index (χ2n) is 5.80. The molecule has 1 heterocycles. The molecule has 0 bridgehead atoms. The Morgan fingerprint density at radius 3 is 2.00 bits per heavy atom. The van der Waals surface area contributed by atoms with Crippen molar-refractivity contribution in [3.05, 3.63) is 96.6 Å². The van der Waals surface area contributed by atoms with Crippen LogP contribution in [0.5, 0.6) is 0 Å². The molecule has 2 atom stereocenters. The largest absolute Gasteiger partial charge is 0.280 e. The Morgan fingerprint density at radius 2 is 1.52 bits per heavy atom. The molecule has 106 valence electrons. The molecular weight excluding hydrogens is 254 g/mol. The summed E-state index contributed by atoms with van der Waals surface area (Å²) in [5, 5.41) is 0. The van der Waals surface area contributed by atoms with Crippen LogP contribution in [0, 0.1) is 0 Å². The molecule has 2 aromatic rings. The highest BCUT2D eigenvalue weighted by Gasteiger charge is 2.49. The second-order valence-corrected chi connectivity index (χ2v) is 5.80. The van der Waals surface area contributed by atoms with Crippen LogP contribution < -0.4 is 0 Å². The summed E-state index contributed by atoms with van der Waals surface area (Å²) in [4.78, 5) is 2.53. The number of benzene rings is 2. The van der Waals surface area contributed by atoms with Gasteiger partial charge in [0.25, 0.3) is 0 Å². The van der Waals surface area contributed by atoms with E-state index in [0.29, 0.717) is 6.04 Å². The number of allylic oxidation sites excluding steroid dienone is 2. The molecule has 0 saturated carbocycles. The molecule has 1 heteroatoms. The van der Waals surface area contributed by atoms with E-state index in [1.54, 1.807) is 0 Å². The summed E-state index contributed by atoms with van der Waals surface area (Å²) in [7, 11) is 0. The lowest BCUT2D eigenvalue weighted by atomic mass is 9.98. The average Bonchev–Trinajstić information content (AvgIpc) is 3.19. The first kappa shape index (κ1) is 13.8. The van der Waals surface area contributed by atoms with Gasteiger partial charge in [-0.1, -0.05) is 85.5 Å². The summed E-state index contributed by atoms with van der Waals surface area (Å²) >= 11 is 0. The first-order chi connectivity index (χ1) is 10.2. The quantitative estimate of drug-likeness (QED) is 0.569. The summed E-state index contributed by atoms with van der Waals surface area (Å²) in [6.45, 7) is 7.13. The number of hydrogen-bond acceptors (Lipinski definition) is 1. The number of nitrogens with zero attached hydrogens (tertiary/aromatic N) is 1. The molecule has 0 N–H and O–H groups in total. The summed E-state index contributed by atoms with van der Waals surface area (Å²) in [5.41, 5.74) is 2.82. The van der Waals surface area contributed by atoms with Crippen molar-refractivity contribution in [3.63, 3.8) is 0 Å². The Kier molecular flexibility index (Phi) is 3.76. The SMILES string of the molecule is C=CC=C[C@@]1(C)CN1C(c1ccccc1)c1ccccc1. The van der Waals surface area contributed by atoms with Crippen molar-refractivity contribution < 1.29 is 0 Å². The van der Waals surface area contributed by atoms with Gasteiger partial charge in [0.05, 0.1) is 11.6 Å². The highest BCUT2D eigenvalue weighted by atomic mass is 15.4. The van der Waals surface area contributed by atoms with E-state index in [4.69, 9.17) is 0 Å². The normalized spacial score (nSPS) is 24.4. The first-order valence-electron chi connectivity index (χ1n) is 7.41. The lowest BCUT2D eigenvalue weighted by Gasteiger charge is -2.22. The molecule has 0 amide bonds. The van der Waals surface area contributed by atoms with Gasteiger partial charge in [-0.05, 0) is 18.1 Å². The summed E-state index contributed by atoms with van der Waals surface area (Å²) in [6, 6.07) is 21.8. The molecule has 1 fully saturated rings. The zero-order valence-electron chi connectivity index (χ0n) is 12.4. The third kappa shape index (κ3) is 2.84. The van der Waals surface area contributed by atoms with Gasteiger partial charge in [-0.2, -0.15) is 0 Å². The smallest absolute Gasteiger partial charge is 0.0610 e. The zero-order valence-corrected chi connectivity index (χ0v) is 12.4. The van der Waals surface area contributed by atoms with Crippen LogP contribution in [0.4, 0.5) is 0 Å². The van der Waals surface area contributed by atoms with E-state index in [9.17, 15) is 0 Å². The van der Waals surface area contributed by atoms with Gasteiger partial charge in [0.1, 0.15) is 0 Å². The van der Waals surface area contributed by atoms with Gasteiger partial charge in [0, 0.05) is 6.54 Å². The third-order valence-corrected chi connectivity index (χ3v) is 4.18. The molecule has 3 rings (SSSR count). The van der Waals surface area contributed by atoms with Crippen molar-refractivity contribution in [3.8, 4) is 0 Å². The Morgan fingerprint density at radius 1 is 1.00 bits per heavy atom. The van der Waals surface area contributed by atoms with Crippen molar-refractivity contribution in [1.82, 2.24) is 4.90 Å². The van der Waals surface area contributed by atoms with E-state index >= 15 is 0 Å². The van der Waals surface area contributed by atoms with Crippen molar-refractivity contribution >= 4 is 0 Å². The van der Waals surface area contributed by atoms with Crippen LogP contribution >= 0.6 is 0 Å². The monoisotopic (exact) mass is 275 g/mol. The van der Waals surface area contributed by atoms with Crippen LogP contribution in [0.15, 0.2) is 85.5 Å². The Hall–Kier alpha value is -2.12. The van der Waals surface area contributed by atoms with Crippen molar-refractivity contribution in [2.75, 3.05) is 6.54 Å². The molecular formula is C20H21N. The maximum absolute atomic E-state index is 3.77. The van der Waals surface area contributed by atoms with E-state index in [0.717, 1.165) is 6.54 Å². The van der Waals surface area contributed by atoms with Crippen LogP contribution in [0.25, 0.3) is 0 Å². The standard InChI is InChI=1S/C20H21N/c1-3-4-15-20(2)16-21(20)19(17-11-7-5-8-12-17)18-13-9-6-10-14-18/h3-15,19H,1,16H2,2H3/t20-,21?/m0/s1.